The predicted molar refractivity (Wildman–Crippen MR) is 304 cm³/mol. The first-order valence-electron chi connectivity index (χ1n) is 27.1. The van der Waals surface area contributed by atoms with Crippen LogP contribution in [0.25, 0.3) is 0 Å². The summed E-state index contributed by atoms with van der Waals surface area (Å²) in [6.07, 6.45) is 6.37. The Bertz CT molecular complexity index is 2140. The fourth-order valence-electron chi connectivity index (χ4n) is 8.06. The van der Waals surface area contributed by atoms with Gasteiger partial charge in [0.15, 0.2) is 5.78 Å². The van der Waals surface area contributed by atoms with Gasteiger partial charge in [0.25, 0.3) is 0 Å². The molecule has 8 amide bonds. The van der Waals surface area contributed by atoms with Crippen molar-refractivity contribution in [1.82, 2.24) is 42.5 Å². The Morgan fingerprint density at radius 1 is 0.551 bits per heavy atom. The van der Waals surface area contributed by atoms with Crippen molar-refractivity contribution >= 4 is 71.4 Å². The van der Waals surface area contributed by atoms with Crippen molar-refractivity contribution in [2.24, 2.45) is 23.5 Å². The van der Waals surface area contributed by atoms with E-state index >= 15 is 0 Å². The van der Waals surface area contributed by atoms with Gasteiger partial charge in [-0.1, -0.05) is 80.9 Å². The lowest BCUT2D eigenvalue weighted by atomic mass is 9.90. The lowest BCUT2D eigenvalue weighted by Crippen LogP contribution is -2.51. The molecule has 0 unspecified atom stereocenters. The summed E-state index contributed by atoms with van der Waals surface area (Å²) in [6, 6.07) is 16.7. The van der Waals surface area contributed by atoms with Gasteiger partial charge in [0.2, 0.25) is 41.4 Å². The van der Waals surface area contributed by atoms with E-state index in [9.17, 15) is 47.9 Å². The van der Waals surface area contributed by atoms with E-state index in [1.54, 1.807) is 27.8 Å². The number of benzene rings is 2. The molecule has 0 radical (unpaired) electrons. The van der Waals surface area contributed by atoms with E-state index in [-0.39, 0.29) is 85.1 Å². The maximum Gasteiger partial charge on any atom is 0.407 e. The number of rotatable bonds is 35. The maximum atomic E-state index is 13.6. The van der Waals surface area contributed by atoms with Gasteiger partial charge >= 0.3 is 6.09 Å². The van der Waals surface area contributed by atoms with Gasteiger partial charge in [0, 0.05) is 78.7 Å². The molecule has 0 bridgehead atoms. The third kappa shape index (κ3) is 35.1. The first-order chi connectivity index (χ1) is 36.4. The van der Waals surface area contributed by atoms with Crippen molar-refractivity contribution in [3.63, 3.8) is 0 Å². The summed E-state index contributed by atoms with van der Waals surface area (Å²) in [5.74, 6) is -3.43. The second kappa shape index (κ2) is 40.8. The zero-order valence-corrected chi connectivity index (χ0v) is 48.5. The second-order valence-electron chi connectivity index (χ2n) is 20.7. The summed E-state index contributed by atoms with van der Waals surface area (Å²) in [4.78, 5) is 123. The highest BCUT2D eigenvalue weighted by molar-refractivity contribution is 5.95. The minimum atomic E-state index is -0.907. The number of amides is 8. The lowest BCUT2D eigenvalue weighted by Gasteiger charge is -2.22. The van der Waals surface area contributed by atoms with E-state index in [2.05, 4.69) is 42.5 Å². The van der Waals surface area contributed by atoms with Crippen molar-refractivity contribution in [3.8, 4) is 0 Å². The third-order valence-corrected chi connectivity index (χ3v) is 12.1. The number of Topliss-reactive ketones (excluding diaryl/α,β-unsaturated/α-hetero) is 2. The fraction of sp³-hybridized carbons (Fsp3) is 0.614. The normalized spacial score (nSPS) is 12.7. The fourth-order valence-corrected chi connectivity index (χ4v) is 8.06. The minimum Gasteiger partial charge on any atom is -0.444 e. The molecule has 10 N–H and O–H groups in total. The highest BCUT2D eigenvalue weighted by Gasteiger charge is 2.29. The van der Waals surface area contributed by atoms with Crippen LogP contribution in [0.3, 0.4) is 0 Å². The first kappa shape index (κ1) is 71.6. The van der Waals surface area contributed by atoms with Crippen LogP contribution >= 0.6 is 12.4 Å². The van der Waals surface area contributed by atoms with Crippen LogP contribution in [0.2, 0.25) is 0 Å². The predicted octanol–water partition coefficient (Wildman–Crippen LogP) is 4.68. The highest BCUT2D eigenvalue weighted by Crippen LogP contribution is 2.18. The Morgan fingerprint density at radius 2 is 1.01 bits per heavy atom. The number of hydrogen-bond donors (Lipinski definition) is 9. The number of ketones is 2. The Balaban J connectivity index is 0.00000190. The molecular weight excluding hydrogens is 1020 g/mol. The van der Waals surface area contributed by atoms with E-state index in [0.29, 0.717) is 77.4 Å². The molecule has 2 rings (SSSR count). The van der Waals surface area contributed by atoms with Crippen molar-refractivity contribution < 1.29 is 52.7 Å². The van der Waals surface area contributed by atoms with Gasteiger partial charge in [-0.2, -0.15) is 0 Å². The maximum absolute atomic E-state index is 13.6. The highest BCUT2D eigenvalue weighted by atomic mass is 35.5. The van der Waals surface area contributed by atoms with E-state index in [1.807, 2.05) is 74.5 Å². The summed E-state index contributed by atoms with van der Waals surface area (Å²) < 4.78 is 5.20. The van der Waals surface area contributed by atoms with Crippen LogP contribution in [0.4, 0.5) is 4.79 Å². The summed E-state index contributed by atoms with van der Waals surface area (Å²) in [5.41, 5.74) is 7.32. The number of carbonyl (C=O) groups excluding carboxylic acids is 10. The van der Waals surface area contributed by atoms with E-state index in [0.717, 1.165) is 24.0 Å². The molecular formula is C57H92ClN9O11. The minimum absolute atomic E-state index is 0. The molecule has 20 nitrogen and oxygen atoms in total. The molecule has 21 heteroatoms. The molecule has 0 aliphatic carbocycles. The van der Waals surface area contributed by atoms with Gasteiger partial charge in [-0.05, 0) is 108 Å². The second-order valence-corrected chi connectivity index (χ2v) is 20.7. The van der Waals surface area contributed by atoms with E-state index < -0.39 is 60.0 Å². The SMILES string of the molecule is CNC(=O)[C@@H](CC(=O)[C@@H](N)CCCCNC(C)=O)Cc1ccccc1.CNC(=O)[C@@H](CC(=O)[C@H](CCCCNC(C)=O)NC(=O)CNC(=O)[C@H](CC(C)C)NC(=O)CCCCCNC(=O)OC(C)(C)C)Cc1ccccc1.Cl. The molecule has 0 saturated heterocycles. The smallest absolute Gasteiger partial charge is 0.407 e. The van der Waals surface area contributed by atoms with Gasteiger partial charge in [0.05, 0.1) is 18.6 Å². The first-order valence-corrected chi connectivity index (χ1v) is 27.1. The zero-order valence-electron chi connectivity index (χ0n) is 47.6. The van der Waals surface area contributed by atoms with Crippen molar-refractivity contribution in [3.05, 3.63) is 71.8 Å². The molecule has 0 aromatic heterocycles. The van der Waals surface area contributed by atoms with Gasteiger partial charge < -0.3 is 53.0 Å². The van der Waals surface area contributed by atoms with Gasteiger partial charge in [-0.15, -0.1) is 12.4 Å². The van der Waals surface area contributed by atoms with Crippen LogP contribution < -0.4 is 48.3 Å². The van der Waals surface area contributed by atoms with Gasteiger partial charge in [-0.25, -0.2) is 4.79 Å². The summed E-state index contributed by atoms with van der Waals surface area (Å²) in [5, 5.41) is 21.5. The van der Waals surface area contributed by atoms with E-state index in [4.69, 9.17) is 10.5 Å². The van der Waals surface area contributed by atoms with Crippen LogP contribution in [0.1, 0.15) is 143 Å². The number of halogens is 1. The molecule has 2 aromatic rings. The lowest BCUT2D eigenvalue weighted by molar-refractivity contribution is -0.132. The Morgan fingerprint density at radius 3 is 1.49 bits per heavy atom. The quantitative estimate of drug-likeness (QED) is 0.0425. The van der Waals surface area contributed by atoms with Crippen LogP contribution in [0.15, 0.2) is 60.7 Å². The number of ether oxygens (including phenoxy) is 1. The molecule has 0 saturated carbocycles. The number of alkyl carbamates (subject to hydrolysis) is 1. The Kier molecular flexibility index (Phi) is 37.4. The molecule has 78 heavy (non-hydrogen) atoms. The molecule has 0 heterocycles. The van der Waals surface area contributed by atoms with Crippen LogP contribution in [-0.4, -0.2) is 123 Å². The summed E-state index contributed by atoms with van der Waals surface area (Å²) in [6.45, 7) is 13.1. The average Bonchev–Trinajstić information content (AvgIpc) is 3.37. The molecule has 438 valence electrons. The van der Waals surface area contributed by atoms with Crippen molar-refractivity contribution in [1.29, 1.82) is 0 Å². The Hall–Kier alpha value is -6.41. The molecule has 5 atom stereocenters. The summed E-state index contributed by atoms with van der Waals surface area (Å²) in [7, 11) is 3.09. The number of hydrogen-bond acceptors (Lipinski definition) is 12. The van der Waals surface area contributed by atoms with E-state index in [1.165, 1.54) is 20.9 Å². The van der Waals surface area contributed by atoms with Crippen molar-refractivity contribution in [2.45, 2.75) is 169 Å². The van der Waals surface area contributed by atoms with Gasteiger partial charge in [0.1, 0.15) is 17.4 Å². The third-order valence-electron chi connectivity index (χ3n) is 12.1. The zero-order chi connectivity index (χ0) is 57.8. The number of carbonyl (C=O) groups is 10. The number of nitrogens with one attached hydrogen (secondary N) is 8. The number of unbranched alkanes of at least 4 members (excludes halogenated alkanes) is 4. The van der Waals surface area contributed by atoms with Gasteiger partial charge in [-0.3, -0.25) is 43.2 Å². The topological polar surface area (TPSA) is 302 Å². The molecule has 2 aromatic carbocycles. The van der Waals surface area contributed by atoms with Crippen LogP contribution in [-0.2, 0) is 60.7 Å². The Labute approximate surface area is 469 Å². The number of nitrogens with two attached hydrogens (primary N) is 1. The largest absolute Gasteiger partial charge is 0.444 e. The molecule has 0 aliphatic heterocycles. The monoisotopic (exact) mass is 1110 g/mol. The average molecular weight is 1110 g/mol. The molecule has 0 spiro atoms. The molecule has 0 aliphatic rings. The standard InChI is InChI=1S/C38H62N6O8.C19H29N3O3.ClH/c1-26(2)22-31(44-33(47)19-12-9-14-21-41-37(51)52-38(4,5)6)36(50)42-25-34(48)43-30(18-13-15-20-40-27(3)45)32(46)24-29(35(49)39-7)23-28-16-10-8-11-17-28;1-14(23)22-11-7-6-10-17(20)18(24)13-16(19(25)21-2)12-15-8-4-3-5-9-15;/h8,10-11,16-17,26,29-31H,9,12-15,18-25H2,1-7H3,(H,39,49)(H,40,45)(H,41,51)(H,42,50)(H,43,48)(H,44,47);3-5,8-9,16-17H,6-7,10-13,20H2,1-2H3,(H,21,25)(H,22,23);1H/t29-,30+,31+;16-,17+;/m11./s1. The van der Waals surface area contributed by atoms with Crippen LogP contribution in [0, 0.1) is 17.8 Å². The summed E-state index contributed by atoms with van der Waals surface area (Å²) >= 11 is 0. The van der Waals surface area contributed by atoms with Crippen LogP contribution in [0.5, 0.6) is 0 Å². The molecule has 0 fully saturated rings. The van der Waals surface area contributed by atoms with Crippen molar-refractivity contribution in [2.75, 3.05) is 40.3 Å².